The number of hydrogen-bond acceptors (Lipinski definition) is 2. The molecule has 0 amide bonds. The molecule has 2 aromatic rings. The number of nitrogens with zero attached hydrogens (tertiary/aromatic N) is 1. The van der Waals surface area contributed by atoms with Gasteiger partial charge < -0.3 is 5.32 Å². The van der Waals surface area contributed by atoms with E-state index in [1.165, 1.54) is 11.6 Å². The highest BCUT2D eigenvalue weighted by Gasteiger charge is 2.13. The van der Waals surface area contributed by atoms with Gasteiger partial charge >= 0.3 is 0 Å². The number of hydrogen-bond donors (Lipinski definition) is 2. The lowest BCUT2D eigenvalue weighted by Gasteiger charge is -2.19. The highest BCUT2D eigenvalue weighted by Crippen LogP contribution is 2.22. The van der Waals surface area contributed by atoms with Crippen molar-refractivity contribution in [2.75, 3.05) is 5.32 Å². The van der Waals surface area contributed by atoms with Gasteiger partial charge in [-0.25, -0.2) is 8.78 Å². The van der Waals surface area contributed by atoms with Crippen LogP contribution >= 0.6 is 12.2 Å². The highest BCUT2D eigenvalue weighted by atomic mass is 32.1. The third-order valence-electron chi connectivity index (χ3n) is 3.67. The fourth-order valence-electron chi connectivity index (χ4n) is 2.15. The van der Waals surface area contributed by atoms with Crippen molar-refractivity contribution in [3.63, 3.8) is 0 Å². The molecule has 6 heteroatoms. The lowest BCUT2D eigenvalue weighted by Crippen LogP contribution is -2.25. The quantitative estimate of drug-likeness (QED) is 0.460. The lowest BCUT2D eigenvalue weighted by molar-refractivity contribution is 0.586. The summed E-state index contributed by atoms with van der Waals surface area (Å²) in [4.78, 5) is 0. The molecule has 3 nitrogen and oxygen atoms in total. The molecular weight excluding hydrogens is 340 g/mol. The van der Waals surface area contributed by atoms with Crippen LogP contribution < -0.4 is 10.7 Å². The van der Waals surface area contributed by atoms with E-state index in [1.807, 2.05) is 19.1 Å². The van der Waals surface area contributed by atoms with E-state index >= 15 is 0 Å². The van der Waals surface area contributed by atoms with Gasteiger partial charge in [0, 0.05) is 6.07 Å². The van der Waals surface area contributed by atoms with E-state index in [4.69, 9.17) is 12.2 Å². The van der Waals surface area contributed by atoms with Gasteiger partial charge in [-0.05, 0) is 47.8 Å². The molecule has 132 valence electrons. The summed E-state index contributed by atoms with van der Waals surface area (Å²) in [5.41, 5.74) is 5.77. The summed E-state index contributed by atoms with van der Waals surface area (Å²) in [6.07, 6.45) is 0. The first kappa shape index (κ1) is 19.0. The van der Waals surface area contributed by atoms with Crippen molar-refractivity contribution in [2.24, 2.45) is 5.10 Å². The van der Waals surface area contributed by atoms with Gasteiger partial charge in [-0.15, -0.1) is 0 Å². The molecule has 0 aromatic heterocycles. The average Bonchev–Trinajstić information content (AvgIpc) is 2.54. The molecule has 0 atom stereocenters. The maximum Gasteiger partial charge on any atom is 0.191 e. The summed E-state index contributed by atoms with van der Waals surface area (Å²) in [6.45, 7) is 8.32. The third kappa shape index (κ3) is 5.32. The molecule has 2 rings (SSSR count). The Kier molecular flexibility index (Phi) is 5.85. The Hall–Kier alpha value is -2.34. The van der Waals surface area contributed by atoms with Crippen molar-refractivity contribution in [1.82, 2.24) is 5.43 Å². The van der Waals surface area contributed by atoms with E-state index < -0.39 is 11.6 Å². The van der Waals surface area contributed by atoms with Crippen LogP contribution in [0.1, 0.15) is 38.8 Å². The monoisotopic (exact) mass is 361 g/mol. The topological polar surface area (TPSA) is 36.4 Å². The van der Waals surface area contributed by atoms with E-state index in [2.05, 4.69) is 48.7 Å². The minimum absolute atomic E-state index is 0.0845. The molecule has 0 heterocycles. The Morgan fingerprint density at radius 3 is 2.24 bits per heavy atom. The molecule has 0 spiro atoms. The van der Waals surface area contributed by atoms with E-state index in [-0.39, 0.29) is 16.2 Å². The van der Waals surface area contributed by atoms with Gasteiger partial charge in [-0.2, -0.15) is 5.10 Å². The molecule has 0 aliphatic rings. The number of rotatable bonds is 3. The van der Waals surface area contributed by atoms with Crippen LogP contribution in [0.15, 0.2) is 47.6 Å². The molecule has 0 aliphatic carbocycles. The molecule has 0 saturated heterocycles. The van der Waals surface area contributed by atoms with E-state index in [0.29, 0.717) is 0 Å². The maximum atomic E-state index is 13.6. The molecule has 0 radical (unpaired) electrons. The predicted octanol–water partition coefficient (Wildman–Crippen LogP) is 4.97. The van der Waals surface area contributed by atoms with Crippen molar-refractivity contribution in [2.45, 2.75) is 33.1 Å². The summed E-state index contributed by atoms with van der Waals surface area (Å²) in [5, 5.41) is 6.96. The predicted molar refractivity (Wildman–Crippen MR) is 103 cm³/mol. The first-order chi connectivity index (χ1) is 11.7. The van der Waals surface area contributed by atoms with E-state index in [1.54, 1.807) is 0 Å². The summed E-state index contributed by atoms with van der Waals surface area (Å²) in [5.74, 6) is -1.36. The molecule has 0 aliphatic heterocycles. The largest absolute Gasteiger partial charge is 0.329 e. The summed E-state index contributed by atoms with van der Waals surface area (Å²) in [6, 6.07) is 11.3. The molecule has 0 saturated carbocycles. The SMILES string of the molecule is C/C(=N\NC(=S)Nc1ccc(F)cc1F)c1ccc(C(C)(C)C)cc1. The Morgan fingerprint density at radius 1 is 1.04 bits per heavy atom. The van der Waals surface area contributed by atoms with Crippen LogP contribution in [0.3, 0.4) is 0 Å². The van der Waals surface area contributed by atoms with Crippen molar-refractivity contribution < 1.29 is 8.78 Å². The fraction of sp³-hybridized carbons (Fsp3) is 0.263. The standard InChI is InChI=1S/C19H21F2N3S/c1-12(13-5-7-14(8-6-13)19(2,3)4)23-24-18(25)22-17-10-9-15(20)11-16(17)21/h5-11H,1-4H3,(H2,22,24,25)/b23-12+. The Morgan fingerprint density at radius 2 is 1.68 bits per heavy atom. The van der Waals surface area contributed by atoms with Crippen molar-refractivity contribution >= 4 is 28.7 Å². The van der Waals surface area contributed by atoms with Gasteiger partial charge in [0.05, 0.1) is 11.4 Å². The van der Waals surface area contributed by atoms with Gasteiger partial charge in [0.25, 0.3) is 0 Å². The first-order valence-corrected chi connectivity index (χ1v) is 8.25. The lowest BCUT2D eigenvalue weighted by atomic mass is 9.86. The van der Waals surface area contributed by atoms with Crippen molar-refractivity contribution in [3.8, 4) is 0 Å². The van der Waals surface area contributed by atoms with Gasteiger partial charge in [0.2, 0.25) is 0 Å². The first-order valence-electron chi connectivity index (χ1n) is 7.84. The van der Waals surface area contributed by atoms with Gasteiger partial charge in [-0.1, -0.05) is 45.0 Å². The van der Waals surface area contributed by atoms with Crippen LogP contribution in [0.5, 0.6) is 0 Å². The van der Waals surface area contributed by atoms with Crippen molar-refractivity contribution in [3.05, 3.63) is 65.2 Å². The number of benzene rings is 2. The Balaban J connectivity index is 2.01. The molecular formula is C19H21F2N3S. The Labute approximate surface area is 152 Å². The summed E-state index contributed by atoms with van der Waals surface area (Å²) in [7, 11) is 0. The number of thiocarbonyl (C=S) groups is 1. The van der Waals surface area contributed by atoms with E-state index in [9.17, 15) is 8.78 Å². The smallest absolute Gasteiger partial charge is 0.191 e. The number of nitrogens with one attached hydrogen (secondary N) is 2. The van der Waals surface area contributed by atoms with Crippen LogP contribution in [0.4, 0.5) is 14.5 Å². The number of hydrazone groups is 1. The van der Waals surface area contributed by atoms with Crippen LogP contribution in [-0.4, -0.2) is 10.8 Å². The van der Waals surface area contributed by atoms with Crippen LogP contribution in [-0.2, 0) is 5.41 Å². The summed E-state index contributed by atoms with van der Waals surface area (Å²) < 4.78 is 26.5. The molecule has 0 bridgehead atoms. The van der Waals surface area contributed by atoms with Crippen LogP contribution in [0.2, 0.25) is 0 Å². The normalized spacial score (nSPS) is 12.0. The maximum absolute atomic E-state index is 13.6. The molecule has 2 aromatic carbocycles. The van der Waals surface area contributed by atoms with Crippen molar-refractivity contribution in [1.29, 1.82) is 0 Å². The zero-order valence-electron chi connectivity index (χ0n) is 14.7. The number of anilines is 1. The van der Waals surface area contributed by atoms with E-state index in [0.717, 1.165) is 23.4 Å². The average molecular weight is 361 g/mol. The zero-order chi connectivity index (χ0) is 18.6. The summed E-state index contributed by atoms with van der Waals surface area (Å²) >= 11 is 5.08. The Bertz CT molecular complexity index is 793. The minimum atomic E-state index is -0.720. The zero-order valence-corrected chi connectivity index (χ0v) is 15.5. The molecule has 2 N–H and O–H groups in total. The van der Waals surface area contributed by atoms with Crippen LogP contribution in [0.25, 0.3) is 0 Å². The second kappa shape index (κ2) is 7.70. The molecule has 0 unspecified atom stereocenters. The highest BCUT2D eigenvalue weighted by molar-refractivity contribution is 7.80. The number of halogens is 2. The van der Waals surface area contributed by atoms with Gasteiger partial charge in [0.15, 0.2) is 5.11 Å². The molecule has 0 fully saturated rings. The van der Waals surface area contributed by atoms with Gasteiger partial charge in [-0.3, -0.25) is 5.43 Å². The molecule has 25 heavy (non-hydrogen) atoms. The second-order valence-electron chi connectivity index (χ2n) is 6.71. The second-order valence-corrected chi connectivity index (χ2v) is 7.12. The third-order valence-corrected chi connectivity index (χ3v) is 3.87. The fourth-order valence-corrected chi connectivity index (χ4v) is 2.31. The minimum Gasteiger partial charge on any atom is -0.329 e. The van der Waals surface area contributed by atoms with Crippen LogP contribution in [0, 0.1) is 11.6 Å². The van der Waals surface area contributed by atoms with Gasteiger partial charge in [0.1, 0.15) is 11.6 Å².